The first-order chi connectivity index (χ1) is 8.70. The summed E-state index contributed by atoms with van der Waals surface area (Å²) in [4.78, 5) is 2.56. The Kier molecular flexibility index (Phi) is 4.79. The summed E-state index contributed by atoms with van der Waals surface area (Å²) >= 11 is 0. The summed E-state index contributed by atoms with van der Waals surface area (Å²) in [5.74, 6) is 0. The van der Waals surface area contributed by atoms with Gasteiger partial charge in [0.2, 0.25) is 0 Å². The fourth-order valence-electron chi connectivity index (χ4n) is 2.92. The van der Waals surface area contributed by atoms with Crippen molar-refractivity contribution in [3.63, 3.8) is 0 Å². The van der Waals surface area contributed by atoms with E-state index in [1.54, 1.807) is 0 Å². The second-order valence-electron chi connectivity index (χ2n) is 5.56. The first-order valence-corrected chi connectivity index (χ1v) is 7.28. The van der Waals surface area contributed by atoms with Crippen LogP contribution in [0.1, 0.15) is 44.2 Å². The molecule has 1 aromatic rings. The summed E-state index contributed by atoms with van der Waals surface area (Å²) in [6.07, 6.45) is 5.02. The van der Waals surface area contributed by atoms with Gasteiger partial charge < -0.3 is 5.73 Å². The maximum absolute atomic E-state index is 6.12. The smallest absolute Gasteiger partial charge is 0.0248 e. The Balaban J connectivity index is 2.01. The van der Waals surface area contributed by atoms with Gasteiger partial charge in [0, 0.05) is 18.6 Å². The molecule has 2 N–H and O–H groups in total. The fraction of sp³-hybridized carbons (Fsp3) is 0.625. The molecular weight excluding hydrogens is 220 g/mol. The molecule has 1 fully saturated rings. The van der Waals surface area contributed by atoms with Gasteiger partial charge in [0.25, 0.3) is 0 Å². The molecule has 2 unspecified atom stereocenters. The Morgan fingerprint density at radius 2 is 1.89 bits per heavy atom. The Morgan fingerprint density at radius 1 is 1.22 bits per heavy atom. The Labute approximate surface area is 111 Å². The van der Waals surface area contributed by atoms with Gasteiger partial charge >= 0.3 is 0 Å². The number of aryl methyl sites for hydroxylation is 1. The molecule has 0 saturated carbocycles. The minimum absolute atomic E-state index is 0.278. The average Bonchev–Trinajstić information content (AvgIpc) is 2.40. The first kappa shape index (κ1) is 13.6. The number of piperidine rings is 1. The van der Waals surface area contributed by atoms with Crippen LogP contribution in [0, 0.1) is 0 Å². The maximum atomic E-state index is 6.12. The van der Waals surface area contributed by atoms with Crippen LogP contribution >= 0.6 is 0 Å². The lowest BCUT2D eigenvalue weighted by Crippen LogP contribution is -2.48. The van der Waals surface area contributed by atoms with Crippen LogP contribution in [0.2, 0.25) is 0 Å². The van der Waals surface area contributed by atoms with E-state index in [1.165, 1.54) is 36.9 Å². The van der Waals surface area contributed by atoms with Crippen LogP contribution in [0.25, 0.3) is 0 Å². The number of hydrogen-bond acceptors (Lipinski definition) is 2. The summed E-state index contributed by atoms with van der Waals surface area (Å²) < 4.78 is 0. The van der Waals surface area contributed by atoms with E-state index in [0.29, 0.717) is 6.04 Å². The maximum Gasteiger partial charge on any atom is 0.0248 e. The summed E-state index contributed by atoms with van der Waals surface area (Å²) in [5, 5.41) is 0. The normalized spacial score (nSPS) is 22.9. The van der Waals surface area contributed by atoms with Crippen LogP contribution in [0.15, 0.2) is 24.3 Å². The second-order valence-corrected chi connectivity index (χ2v) is 5.56. The second kappa shape index (κ2) is 6.35. The predicted molar refractivity (Wildman–Crippen MR) is 77.5 cm³/mol. The van der Waals surface area contributed by atoms with Crippen LogP contribution in [0.3, 0.4) is 0 Å². The van der Waals surface area contributed by atoms with Gasteiger partial charge in [-0.05, 0) is 43.9 Å². The van der Waals surface area contributed by atoms with Crippen molar-refractivity contribution in [3.8, 4) is 0 Å². The third-order valence-corrected chi connectivity index (χ3v) is 4.09. The SMILES string of the molecule is CCc1ccc(CN2CCCCC2C(C)N)cc1. The molecule has 1 aliphatic heterocycles. The molecule has 2 rings (SSSR count). The minimum Gasteiger partial charge on any atom is -0.327 e. The molecule has 0 bridgehead atoms. The van der Waals surface area contributed by atoms with E-state index < -0.39 is 0 Å². The van der Waals surface area contributed by atoms with Crippen molar-refractivity contribution in [2.45, 2.75) is 58.2 Å². The zero-order chi connectivity index (χ0) is 13.0. The van der Waals surface area contributed by atoms with Crippen molar-refractivity contribution in [1.29, 1.82) is 0 Å². The molecule has 1 heterocycles. The zero-order valence-corrected chi connectivity index (χ0v) is 11.7. The molecule has 1 aromatic carbocycles. The average molecular weight is 246 g/mol. The lowest BCUT2D eigenvalue weighted by molar-refractivity contribution is 0.123. The van der Waals surface area contributed by atoms with E-state index in [1.807, 2.05) is 0 Å². The summed E-state index contributed by atoms with van der Waals surface area (Å²) in [7, 11) is 0. The van der Waals surface area contributed by atoms with E-state index in [-0.39, 0.29) is 6.04 Å². The van der Waals surface area contributed by atoms with E-state index >= 15 is 0 Å². The standard InChI is InChI=1S/C16H26N2/c1-3-14-7-9-15(10-8-14)12-18-11-5-4-6-16(18)13(2)17/h7-10,13,16H,3-6,11-12,17H2,1-2H3. The van der Waals surface area contributed by atoms with Crippen molar-refractivity contribution in [3.05, 3.63) is 35.4 Å². The topological polar surface area (TPSA) is 29.3 Å². The largest absolute Gasteiger partial charge is 0.327 e. The van der Waals surface area contributed by atoms with Gasteiger partial charge in [-0.3, -0.25) is 4.90 Å². The molecule has 0 radical (unpaired) electrons. The van der Waals surface area contributed by atoms with Gasteiger partial charge in [-0.25, -0.2) is 0 Å². The van der Waals surface area contributed by atoms with E-state index in [0.717, 1.165) is 13.0 Å². The molecule has 2 atom stereocenters. The number of nitrogens with two attached hydrogens (primary N) is 1. The molecule has 0 spiro atoms. The quantitative estimate of drug-likeness (QED) is 0.885. The molecule has 100 valence electrons. The van der Waals surface area contributed by atoms with E-state index in [4.69, 9.17) is 5.73 Å². The van der Waals surface area contributed by atoms with Crippen LogP contribution in [0.4, 0.5) is 0 Å². The number of hydrogen-bond donors (Lipinski definition) is 1. The fourth-order valence-corrected chi connectivity index (χ4v) is 2.92. The van der Waals surface area contributed by atoms with Gasteiger partial charge in [0.1, 0.15) is 0 Å². The number of nitrogens with zero attached hydrogens (tertiary/aromatic N) is 1. The van der Waals surface area contributed by atoms with Crippen LogP contribution in [-0.2, 0) is 13.0 Å². The summed E-state index contributed by atoms with van der Waals surface area (Å²) in [6, 6.07) is 9.88. The first-order valence-electron chi connectivity index (χ1n) is 7.28. The highest BCUT2D eigenvalue weighted by Crippen LogP contribution is 2.21. The van der Waals surface area contributed by atoms with Crippen molar-refractivity contribution in [2.24, 2.45) is 5.73 Å². The number of likely N-dealkylation sites (tertiary alicyclic amines) is 1. The van der Waals surface area contributed by atoms with Crippen molar-refractivity contribution < 1.29 is 0 Å². The van der Waals surface area contributed by atoms with Crippen LogP contribution in [-0.4, -0.2) is 23.5 Å². The van der Waals surface area contributed by atoms with Gasteiger partial charge in [-0.15, -0.1) is 0 Å². The molecule has 0 aliphatic carbocycles. The van der Waals surface area contributed by atoms with Gasteiger partial charge in [-0.1, -0.05) is 37.6 Å². The number of rotatable bonds is 4. The molecule has 18 heavy (non-hydrogen) atoms. The monoisotopic (exact) mass is 246 g/mol. The predicted octanol–water partition coefficient (Wildman–Crippen LogP) is 2.95. The van der Waals surface area contributed by atoms with Crippen molar-refractivity contribution >= 4 is 0 Å². The van der Waals surface area contributed by atoms with Crippen molar-refractivity contribution in [2.75, 3.05) is 6.54 Å². The highest BCUT2D eigenvalue weighted by atomic mass is 15.2. The summed E-state index contributed by atoms with van der Waals surface area (Å²) in [5.41, 5.74) is 8.95. The molecule has 0 amide bonds. The highest BCUT2D eigenvalue weighted by Gasteiger charge is 2.25. The minimum atomic E-state index is 0.278. The Morgan fingerprint density at radius 3 is 2.50 bits per heavy atom. The van der Waals surface area contributed by atoms with Gasteiger partial charge in [0.05, 0.1) is 0 Å². The Hall–Kier alpha value is -0.860. The van der Waals surface area contributed by atoms with Crippen LogP contribution in [0.5, 0.6) is 0 Å². The Bertz CT molecular complexity index is 356. The van der Waals surface area contributed by atoms with E-state index in [2.05, 4.69) is 43.0 Å². The van der Waals surface area contributed by atoms with Gasteiger partial charge in [-0.2, -0.15) is 0 Å². The lowest BCUT2D eigenvalue weighted by Gasteiger charge is -2.38. The zero-order valence-electron chi connectivity index (χ0n) is 11.7. The molecule has 0 aromatic heterocycles. The molecule has 2 nitrogen and oxygen atoms in total. The third-order valence-electron chi connectivity index (χ3n) is 4.09. The van der Waals surface area contributed by atoms with E-state index in [9.17, 15) is 0 Å². The molecule has 1 aliphatic rings. The van der Waals surface area contributed by atoms with Crippen LogP contribution < -0.4 is 5.73 Å². The molecule has 2 heteroatoms. The summed E-state index contributed by atoms with van der Waals surface area (Å²) in [6.45, 7) is 6.59. The molecular formula is C16H26N2. The molecule has 1 saturated heterocycles. The number of benzene rings is 1. The van der Waals surface area contributed by atoms with Crippen molar-refractivity contribution in [1.82, 2.24) is 4.90 Å². The third kappa shape index (κ3) is 3.33. The van der Waals surface area contributed by atoms with Gasteiger partial charge in [0.15, 0.2) is 0 Å². The lowest BCUT2D eigenvalue weighted by atomic mass is 9.96. The highest BCUT2D eigenvalue weighted by molar-refractivity contribution is 5.22.